The number of fused-ring (bicyclic) bond motifs is 1. The molecule has 1 aromatic heterocycles. The molecule has 14 heteroatoms. The van der Waals surface area contributed by atoms with Gasteiger partial charge < -0.3 is 30.9 Å². The Hall–Kier alpha value is -4.10. The Morgan fingerprint density at radius 3 is 2.47 bits per heavy atom. The van der Waals surface area contributed by atoms with Gasteiger partial charge in [0.2, 0.25) is 17.7 Å². The van der Waals surface area contributed by atoms with Gasteiger partial charge in [0.25, 0.3) is 0 Å². The molecule has 2 aromatic carbocycles. The average Bonchev–Trinajstić information content (AvgIpc) is 2.94. The highest BCUT2D eigenvalue weighted by atomic mass is 35.5. The maximum Gasteiger partial charge on any atom is 0.247 e. The van der Waals surface area contributed by atoms with Gasteiger partial charge in [-0.15, -0.1) is 0 Å². The molecule has 4 N–H and O–H groups in total. The number of amides is 3. The van der Waals surface area contributed by atoms with E-state index < -0.39 is 46.1 Å². The quantitative estimate of drug-likeness (QED) is 0.265. The summed E-state index contributed by atoms with van der Waals surface area (Å²) in [6, 6.07) is 3.20. The van der Waals surface area contributed by atoms with Crippen LogP contribution in [0.4, 0.5) is 26.0 Å². The third-order valence-electron chi connectivity index (χ3n) is 7.33. The third-order valence-corrected chi connectivity index (χ3v) is 7.68. The number of anilines is 3. The first-order valence-electron chi connectivity index (χ1n) is 13.6. The molecular weight excluding hydrogens is 584 g/mol. The fourth-order valence-corrected chi connectivity index (χ4v) is 4.72. The predicted octanol–water partition coefficient (Wildman–Crippen LogP) is 3.99. The van der Waals surface area contributed by atoms with Gasteiger partial charge in [-0.3, -0.25) is 14.4 Å². The molecule has 1 aliphatic rings. The zero-order chi connectivity index (χ0) is 31.6. The molecule has 3 unspecified atom stereocenters. The SMILES string of the molecule is CNC(C)C(=O)NC(C(=O)N1CCC1C(=O)Nc1cc2c(Nc3ccc(F)c(Cl)c3F)ncnc2cc1OC)C(C)(C)C. The zero-order valence-corrected chi connectivity index (χ0v) is 25.4. The van der Waals surface area contributed by atoms with Gasteiger partial charge in [-0.2, -0.15) is 0 Å². The van der Waals surface area contributed by atoms with Gasteiger partial charge in [-0.05, 0) is 44.0 Å². The van der Waals surface area contributed by atoms with Crippen LogP contribution < -0.4 is 26.0 Å². The van der Waals surface area contributed by atoms with Crippen LogP contribution in [-0.4, -0.2) is 71.4 Å². The number of likely N-dealkylation sites (N-methyl/N-ethyl adjacent to an activating group) is 1. The van der Waals surface area contributed by atoms with Crippen molar-refractivity contribution >= 4 is 57.4 Å². The summed E-state index contributed by atoms with van der Waals surface area (Å²) >= 11 is 5.72. The molecule has 43 heavy (non-hydrogen) atoms. The molecule has 11 nitrogen and oxygen atoms in total. The summed E-state index contributed by atoms with van der Waals surface area (Å²) in [4.78, 5) is 49.5. The summed E-state index contributed by atoms with van der Waals surface area (Å²) in [6.07, 6.45) is 1.68. The number of hydrogen-bond acceptors (Lipinski definition) is 8. The van der Waals surface area contributed by atoms with Crippen LogP contribution in [-0.2, 0) is 14.4 Å². The Morgan fingerprint density at radius 2 is 1.86 bits per heavy atom. The highest BCUT2D eigenvalue weighted by molar-refractivity contribution is 6.31. The number of ether oxygens (including phenoxy) is 1. The van der Waals surface area contributed by atoms with Gasteiger partial charge in [0.05, 0.1) is 30.0 Å². The van der Waals surface area contributed by atoms with Crippen LogP contribution in [0.25, 0.3) is 10.9 Å². The molecule has 3 aromatic rings. The van der Waals surface area contributed by atoms with Gasteiger partial charge in [0.15, 0.2) is 5.82 Å². The Labute approximate surface area is 252 Å². The number of aromatic nitrogens is 2. The Kier molecular flexibility index (Phi) is 9.35. The molecular formula is C29H34ClF2N7O4. The number of carbonyl (C=O) groups excluding carboxylic acids is 3. The molecule has 3 atom stereocenters. The van der Waals surface area contributed by atoms with Crippen molar-refractivity contribution in [1.29, 1.82) is 0 Å². The van der Waals surface area contributed by atoms with E-state index in [4.69, 9.17) is 16.3 Å². The van der Waals surface area contributed by atoms with E-state index in [2.05, 4.69) is 31.2 Å². The molecule has 3 amide bonds. The zero-order valence-electron chi connectivity index (χ0n) is 24.6. The molecule has 0 bridgehead atoms. The van der Waals surface area contributed by atoms with Gasteiger partial charge in [-0.25, -0.2) is 18.7 Å². The molecule has 1 saturated heterocycles. The molecule has 0 radical (unpaired) electrons. The number of rotatable bonds is 9. The van der Waals surface area contributed by atoms with Crippen molar-refractivity contribution in [1.82, 2.24) is 25.5 Å². The monoisotopic (exact) mass is 617 g/mol. The number of hydrogen-bond donors (Lipinski definition) is 4. The second kappa shape index (κ2) is 12.6. The first-order valence-corrected chi connectivity index (χ1v) is 14.0. The van der Waals surface area contributed by atoms with Crippen molar-refractivity contribution in [2.45, 2.75) is 52.2 Å². The van der Waals surface area contributed by atoms with Gasteiger partial charge in [0, 0.05) is 18.0 Å². The number of methoxy groups -OCH3 is 1. The summed E-state index contributed by atoms with van der Waals surface area (Å²) in [5.41, 5.74) is -0.0454. The van der Waals surface area contributed by atoms with E-state index >= 15 is 0 Å². The van der Waals surface area contributed by atoms with Crippen molar-refractivity contribution < 1.29 is 27.9 Å². The maximum absolute atomic E-state index is 14.6. The normalized spacial score (nSPS) is 16.2. The summed E-state index contributed by atoms with van der Waals surface area (Å²) in [5.74, 6) is -2.57. The summed E-state index contributed by atoms with van der Waals surface area (Å²) in [5, 5.41) is 11.0. The molecule has 2 heterocycles. The van der Waals surface area contributed by atoms with Crippen molar-refractivity contribution in [3.05, 3.63) is 47.2 Å². The predicted molar refractivity (Wildman–Crippen MR) is 159 cm³/mol. The van der Waals surface area contributed by atoms with Crippen LogP contribution in [0, 0.1) is 17.0 Å². The fourth-order valence-electron chi connectivity index (χ4n) is 4.55. The second-order valence-electron chi connectivity index (χ2n) is 11.3. The van der Waals surface area contributed by atoms with E-state index in [1.807, 2.05) is 20.8 Å². The second-order valence-corrected chi connectivity index (χ2v) is 11.7. The molecule has 0 saturated carbocycles. The highest BCUT2D eigenvalue weighted by Gasteiger charge is 2.44. The van der Waals surface area contributed by atoms with E-state index in [-0.39, 0.29) is 29.0 Å². The molecule has 0 aliphatic carbocycles. The Bertz CT molecular complexity index is 1570. The van der Waals surface area contributed by atoms with E-state index in [0.717, 1.165) is 6.07 Å². The lowest BCUT2D eigenvalue weighted by molar-refractivity contribution is -0.150. The van der Waals surface area contributed by atoms with Crippen molar-refractivity contribution in [3.63, 3.8) is 0 Å². The third kappa shape index (κ3) is 6.62. The Balaban J connectivity index is 1.59. The number of nitrogens with zero attached hydrogens (tertiary/aromatic N) is 3. The average molecular weight is 618 g/mol. The lowest BCUT2D eigenvalue weighted by Gasteiger charge is -2.44. The summed E-state index contributed by atoms with van der Waals surface area (Å²) in [7, 11) is 3.08. The summed E-state index contributed by atoms with van der Waals surface area (Å²) in [6.45, 7) is 7.56. The maximum atomic E-state index is 14.6. The largest absolute Gasteiger partial charge is 0.494 e. The van der Waals surface area contributed by atoms with E-state index in [1.165, 1.54) is 24.4 Å². The lowest BCUT2D eigenvalue weighted by atomic mass is 9.84. The lowest BCUT2D eigenvalue weighted by Crippen LogP contribution is -2.64. The number of benzene rings is 2. The standard InChI is InChI=1S/C29H34ClF2N7O4/c1-14(33-5)26(40)38-24(29(2,3)4)28(42)39-10-9-20(39)27(41)37-19-11-15-18(12-21(19)43-6)34-13-35-25(15)36-17-8-7-16(31)22(30)23(17)32/h7-8,11-14,20,24,33H,9-10H2,1-6H3,(H,37,41)(H,38,40)(H,34,35,36). The van der Waals surface area contributed by atoms with Crippen LogP contribution in [0.15, 0.2) is 30.6 Å². The van der Waals surface area contributed by atoms with Crippen LogP contribution in [0.1, 0.15) is 34.1 Å². The van der Waals surface area contributed by atoms with Gasteiger partial charge >= 0.3 is 0 Å². The molecule has 4 rings (SSSR count). The molecule has 0 spiro atoms. The minimum atomic E-state index is -0.990. The number of halogens is 3. The molecule has 1 aliphatic heterocycles. The van der Waals surface area contributed by atoms with Gasteiger partial charge in [0.1, 0.15) is 40.8 Å². The first kappa shape index (κ1) is 31.8. The molecule has 1 fully saturated rings. The molecule has 230 valence electrons. The fraction of sp³-hybridized carbons (Fsp3) is 0.414. The smallest absolute Gasteiger partial charge is 0.247 e. The summed E-state index contributed by atoms with van der Waals surface area (Å²) < 4.78 is 33.7. The van der Waals surface area contributed by atoms with E-state index in [0.29, 0.717) is 29.6 Å². The van der Waals surface area contributed by atoms with E-state index in [9.17, 15) is 23.2 Å². The van der Waals surface area contributed by atoms with Crippen LogP contribution >= 0.6 is 11.6 Å². The minimum absolute atomic E-state index is 0.110. The van der Waals surface area contributed by atoms with Crippen molar-refractivity contribution in [3.8, 4) is 5.75 Å². The van der Waals surface area contributed by atoms with E-state index in [1.54, 1.807) is 26.1 Å². The Morgan fingerprint density at radius 1 is 1.14 bits per heavy atom. The number of nitrogens with one attached hydrogen (secondary N) is 4. The number of carbonyl (C=O) groups is 3. The highest BCUT2D eigenvalue weighted by Crippen LogP contribution is 2.35. The van der Waals surface area contributed by atoms with Gasteiger partial charge in [-0.1, -0.05) is 32.4 Å². The van der Waals surface area contributed by atoms with Crippen LogP contribution in [0.3, 0.4) is 0 Å². The first-order chi connectivity index (χ1) is 20.3. The minimum Gasteiger partial charge on any atom is -0.494 e. The number of likely N-dealkylation sites (tertiary alicyclic amines) is 1. The van der Waals surface area contributed by atoms with Crippen molar-refractivity contribution in [2.24, 2.45) is 5.41 Å². The van der Waals surface area contributed by atoms with Crippen molar-refractivity contribution in [2.75, 3.05) is 31.3 Å². The van der Waals surface area contributed by atoms with Crippen LogP contribution in [0.5, 0.6) is 5.75 Å². The van der Waals surface area contributed by atoms with Crippen LogP contribution in [0.2, 0.25) is 5.02 Å². The topological polar surface area (TPSA) is 138 Å².